The van der Waals surface area contributed by atoms with Gasteiger partial charge in [-0.25, -0.2) is 0 Å². The van der Waals surface area contributed by atoms with Gasteiger partial charge in [0, 0.05) is 6.54 Å². The molecule has 1 amide bonds. The summed E-state index contributed by atoms with van der Waals surface area (Å²) in [4.78, 5) is 34.2. The number of carboxylic acids is 1. The Kier molecular flexibility index (Phi) is 10.1. The first-order valence-electron chi connectivity index (χ1n) is 9.10. The van der Waals surface area contributed by atoms with Crippen molar-refractivity contribution in [3.63, 3.8) is 0 Å². The Morgan fingerprint density at radius 3 is 2.28 bits per heavy atom. The lowest BCUT2D eigenvalue weighted by molar-refractivity contribution is -0.173. The number of unbranched alkanes of at least 4 members (excludes halogenated alkanes) is 1. The van der Waals surface area contributed by atoms with Crippen LogP contribution in [0.25, 0.3) is 0 Å². The molecule has 0 aliphatic carbocycles. The normalized spacial score (nSPS) is 13.4. The number of rotatable bonds is 12. The first-order valence-corrected chi connectivity index (χ1v) is 9.10. The largest absolute Gasteiger partial charge is 0.480 e. The molecule has 0 bridgehead atoms. The van der Waals surface area contributed by atoms with Crippen molar-refractivity contribution in [3.05, 3.63) is 35.9 Å². The molecule has 0 saturated carbocycles. The van der Waals surface area contributed by atoms with Gasteiger partial charge in [-0.1, -0.05) is 30.3 Å². The van der Waals surface area contributed by atoms with Gasteiger partial charge < -0.3 is 15.2 Å². The van der Waals surface area contributed by atoms with Crippen LogP contribution in [0.5, 0.6) is 0 Å². The van der Waals surface area contributed by atoms with E-state index in [4.69, 9.17) is 4.74 Å². The predicted octanol–water partition coefficient (Wildman–Crippen LogP) is 2.05. The minimum absolute atomic E-state index is 0.0794. The molecule has 10 heteroatoms. The number of alkyl halides is 3. The van der Waals surface area contributed by atoms with Gasteiger partial charge in [0.2, 0.25) is 0 Å². The molecule has 1 aromatic carbocycles. The maximum absolute atomic E-state index is 12.1. The molecule has 7 nitrogen and oxygen atoms in total. The van der Waals surface area contributed by atoms with Crippen molar-refractivity contribution in [2.75, 3.05) is 13.7 Å². The zero-order valence-corrected chi connectivity index (χ0v) is 16.0. The van der Waals surface area contributed by atoms with Crippen molar-refractivity contribution in [1.82, 2.24) is 10.6 Å². The van der Waals surface area contributed by atoms with Gasteiger partial charge in [-0.3, -0.25) is 19.7 Å². The van der Waals surface area contributed by atoms with Gasteiger partial charge in [-0.2, -0.15) is 13.2 Å². The van der Waals surface area contributed by atoms with Gasteiger partial charge >= 0.3 is 24.0 Å². The van der Waals surface area contributed by atoms with E-state index in [1.165, 1.54) is 7.11 Å². The number of esters is 1. The summed E-state index contributed by atoms with van der Waals surface area (Å²) in [5.41, 5.74) is 0.982. The zero-order valence-electron chi connectivity index (χ0n) is 16.0. The number of hydrogen-bond acceptors (Lipinski definition) is 5. The highest BCUT2D eigenvalue weighted by Crippen LogP contribution is 2.14. The van der Waals surface area contributed by atoms with Crippen molar-refractivity contribution >= 4 is 17.8 Å². The van der Waals surface area contributed by atoms with Gasteiger partial charge in [0.1, 0.15) is 12.1 Å². The second-order valence-corrected chi connectivity index (χ2v) is 6.41. The molecular formula is C19H25F3N2O5. The summed E-state index contributed by atoms with van der Waals surface area (Å²) < 4.78 is 41.0. The van der Waals surface area contributed by atoms with E-state index in [0.29, 0.717) is 12.8 Å². The smallest absolute Gasteiger partial charge is 0.471 e. The molecule has 0 aliphatic rings. The Hall–Kier alpha value is -2.62. The predicted molar refractivity (Wildman–Crippen MR) is 98.0 cm³/mol. The van der Waals surface area contributed by atoms with E-state index < -0.39 is 36.1 Å². The SMILES string of the molecule is COC(=O)[C@H](CCc1ccccc1)N[C@@H](CCCCNC(=O)C(F)(F)F)C(=O)O. The number of aliphatic carboxylic acids is 1. The fourth-order valence-electron chi connectivity index (χ4n) is 2.66. The third-order valence-electron chi connectivity index (χ3n) is 4.21. The minimum Gasteiger partial charge on any atom is -0.480 e. The van der Waals surface area contributed by atoms with Crippen LogP contribution < -0.4 is 10.6 Å². The number of ether oxygens (including phenoxy) is 1. The fourth-order valence-corrected chi connectivity index (χ4v) is 2.66. The van der Waals surface area contributed by atoms with E-state index in [1.54, 1.807) is 5.32 Å². The van der Waals surface area contributed by atoms with E-state index in [0.717, 1.165) is 5.56 Å². The first kappa shape index (κ1) is 24.4. The number of hydrogen-bond donors (Lipinski definition) is 3. The van der Waals surface area contributed by atoms with E-state index >= 15 is 0 Å². The van der Waals surface area contributed by atoms with Crippen LogP contribution >= 0.6 is 0 Å². The fraction of sp³-hybridized carbons (Fsp3) is 0.526. The molecule has 162 valence electrons. The van der Waals surface area contributed by atoms with Crippen molar-refractivity contribution in [2.24, 2.45) is 0 Å². The van der Waals surface area contributed by atoms with Crippen LogP contribution in [0.3, 0.4) is 0 Å². The number of benzene rings is 1. The van der Waals surface area contributed by atoms with E-state index in [-0.39, 0.29) is 25.8 Å². The molecule has 3 N–H and O–H groups in total. The van der Waals surface area contributed by atoms with Gasteiger partial charge in [0.05, 0.1) is 7.11 Å². The average Bonchev–Trinajstić information content (AvgIpc) is 2.68. The number of halogens is 3. The highest BCUT2D eigenvalue weighted by Gasteiger charge is 2.38. The number of methoxy groups -OCH3 is 1. The summed E-state index contributed by atoms with van der Waals surface area (Å²) >= 11 is 0. The molecule has 1 aromatic rings. The Morgan fingerprint density at radius 1 is 1.07 bits per heavy atom. The van der Waals surface area contributed by atoms with Crippen LogP contribution in [0, 0.1) is 0 Å². The lowest BCUT2D eigenvalue weighted by atomic mass is 10.0. The van der Waals surface area contributed by atoms with Crippen molar-refractivity contribution in [1.29, 1.82) is 0 Å². The highest BCUT2D eigenvalue weighted by atomic mass is 19.4. The van der Waals surface area contributed by atoms with Crippen molar-refractivity contribution in [3.8, 4) is 0 Å². The standard InChI is InChI=1S/C19H25F3N2O5/c1-29-17(27)15(11-10-13-7-3-2-4-8-13)24-14(16(25)26)9-5-6-12-23-18(28)19(20,21)22/h2-4,7-8,14-15,24H,5-6,9-12H2,1H3,(H,23,28)(H,25,26)/t14-,15-/m0/s1. The first-order chi connectivity index (χ1) is 13.6. The van der Waals surface area contributed by atoms with Gasteiger partial charge in [0.15, 0.2) is 0 Å². The Labute approximate surface area is 166 Å². The van der Waals surface area contributed by atoms with Crippen molar-refractivity contribution in [2.45, 2.75) is 50.4 Å². The van der Waals surface area contributed by atoms with Crippen LogP contribution in [-0.4, -0.2) is 54.9 Å². The average molecular weight is 418 g/mol. The second-order valence-electron chi connectivity index (χ2n) is 6.41. The lowest BCUT2D eigenvalue weighted by Crippen LogP contribution is -2.48. The number of amides is 1. The number of aryl methyl sites for hydroxylation is 1. The Bertz CT molecular complexity index is 668. The molecule has 0 fully saturated rings. The molecule has 0 spiro atoms. The molecule has 0 unspecified atom stereocenters. The number of nitrogens with one attached hydrogen (secondary N) is 2. The number of carbonyl (C=O) groups excluding carboxylic acids is 2. The topological polar surface area (TPSA) is 105 Å². The van der Waals surface area contributed by atoms with Crippen LogP contribution in [0.1, 0.15) is 31.2 Å². The molecule has 0 radical (unpaired) electrons. The minimum atomic E-state index is -4.95. The highest BCUT2D eigenvalue weighted by molar-refractivity contribution is 5.81. The quantitative estimate of drug-likeness (QED) is 0.355. The van der Waals surface area contributed by atoms with Gasteiger partial charge in [0.25, 0.3) is 0 Å². The summed E-state index contributed by atoms with van der Waals surface area (Å²) in [6, 6.07) is 7.42. The maximum Gasteiger partial charge on any atom is 0.471 e. The maximum atomic E-state index is 12.1. The summed E-state index contributed by atoms with van der Waals surface area (Å²) in [7, 11) is 1.21. The van der Waals surface area contributed by atoms with E-state index in [2.05, 4.69) is 5.32 Å². The number of carboxylic acid groups (broad SMARTS) is 1. The molecule has 29 heavy (non-hydrogen) atoms. The van der Waals surface area contributed by atoms with Crippen LogP contribution in [0.2, 0.25) is 0 Å². The molecular weight excluding hydrogens is 393 g/mol. The molecule has 2 atom stereocenters. The van der Waals surface area contributed by atoms with Gasteiger partial charge in [-0.15, -0.1) is 0 Å². The second kappa shape index (κ2) is 12.1. The summed E-state index contributed by atoms with van der Waals surface area (Å²) in [5.74, 6) is -3.81. The third kappa shape index (κ3) is 9.42. The Balaban J connectivity index is 2.53. The summed E-state index contributed by atoms with van der Waals surface area (Å²) in [6.07, 6.45) is -3.60. The van der Waals surface area contributed by atoms with E-state index in [9.17, 15) is 32.7 Å². The summed E-state index contributed by atoms with van der Waals surface area (Å²) in [6.45, 7) is -0.223. The zero-order chi connectivity index (χ0) is 21.9. The molecule has 1 rings (SSSR count). The monoisotopic (exact) mass is 418 g/mol. The number of carbonyl (C=O) groups is 3. The van der Waals surface area contributed by atoms with E-state index in [1.807, 2.05) is 30.3 Å². The van der Waals surface area contributed by atoms with Crippen molar-refractivity contribution < 1.29 is 37.4 Å². The molecule has 0 heterocycles. The van der Waals surface area contributed by atoms with Crippen LogP contribution in [-0.2, 0) is 25.5 Å². The van der Waals surface area contributed by atoms with Crippen LogP contribution in [0.15, 0.2) is 30.3 Å². The summed E-state index contributed by atoms with van der Waals surface area (Å²) in [5, 5.41) is 13.9. The molecule has 0 aliphatic heterocycles. The lowest BCUT2D eigenvalue weighted by Gasteiger charge is -2.21. The molecule has 0 aromatic heterocycles. The van der Waals surface area contributed by atoms with Gasteiger partial charge in [-0.05, 0) is 37.7 Å². The van der Waals surface area contributed by atoms with Crippen LogP contribution in [0.4, 0.5) is 13.2 Å². The Morgan fingerprint density at radius 2 is 1.72 bits per heavy atom. The molecule has 0 saturated heterocycles. The third-order valence-corrected chi connectivity index (χ3v) is 4.21.